The van der Waals surface area contributed by atoms with Crippen molar-refractivity contribution < 1.29 is 9.15 Å². The Balaban J connectivity index is 1.82. The van der Waals surface area contributed by atoms with E-state index in [4.69, 9.17) is 9.15 Å². The molecule has 0 unspecified atom stereocenters. The molecule has 0 amide bonds. The van der Waals surface area contributed by atoms with E-state index in [1.807, 2.05) is 49.4 Å². The summed E-state index contributed by atoms with van der Waals surface area (Å²) >= 11 is 0. The number of imidazole rings is 1. The lowest BCUT2D eigenvalue weighted by Gasteiger charge is -1.99. The highest BCUT2D eigenvalue weighted by Gasteiger charge is 2.11. The van der Waals surface area contributed by atoms with E-state index in [0.717, 1.165) is 16.5 Å². The maximum Gasteiger partial charge on any atom is 0.215 e. The molecule has 0 aliphatic rings. The molecule has 5 nitrogen and oxygen atoms in total. The molecule has 1 aromatic carbocycles. The summed E-state index contributed by atoms with van der Waals surface area (Å²) in [6.07, 6.45) is 0. The van der Waals surface area contributed by atoms with E-state index in [1.165, 1.54) is 0 Å². The number of para-hydroxylation sites is 1. The van der Waals surface area contributed by atoms with Gasteiger partial charge in [-0.25, -0.2) is 4.98 Å². The van der Waals surface area contributed by atoms with Gasteiger partial charge in [-0.3, -0.25) is 0 Å². The number of nitrogens with zero attached hydrogens (tertiary/aromatic N) is 2. The van der Waals surface area contributed by atoms with Crippen molar-refractivity contribution >= 4 is 22.1 Å². The Hall–Kier alpha value is -2.82. The molecule has 4 rings (SSSR count). The number of nitrogens with one attached hydrogen (secondary N) is 1. The minimum Gasteiger partial charge on any atom is -0.478 e. The van der Waals surface area contributed by atoms with E-state index in [9.17, 15) is 0 Å². The van der Waals surface area contributed by atoms with Gasteiger partial charge in [-0.05, 0) is 25.1 Å². The minimum absolute atomic E-state index is 0.577. The van der Waals surface area contributed by atoms with Crippen LogP contribution in [0.2, 0.25) is 0 Å². The standard InChI is InChI=1S/C16H13N3O2/c1-2-20-14-8-7-11-15(18-14)19-16(17-11)13-9-10-5-3-4-6-12(10)21-13/h3-9H,2H2,1H3,(H,17,18,19). The molecule has 0 radical (unpaired) electrons. The Bertz CT molecular complexity index is 890. The van der Waals surface area contributed by atoms with Gasteiger partial charge in [-0.1, -0.05) is 18.2 Å². The summed E-state index contributed by atoms with van der Waals surface area (Å²) in [5.41, 5.74) is 2.32. The maximum atomic E-state index is 5.81. The first kappa shape index (κ1) is 12.0. The molecule has 0 fully saturated rings. The summed E-state index contributed by atoms with van der Waals surface area (Å²) in [5.74, 6) is 1.95. The lowest BCUT2D eigenvalue weighted by atomic mass is 10.2. The number of pyridine rings is 1. The van der Waals surface area contributed by atoms with Gasteiger partial charge in [-0.15, -0.1) is 0 Å². The first-order valence-electron chi connectivity index (χ1n) is 6.82. The molecule has 0 atom stereocenters. The van der Waals surface area contributed by atoms with E-state index in [-0.39, 0.29) is 0 Å². The van der Waals surface area contributed by atoms with Crippen molar-refractivity contribution in [3.63, 3.8) is 0 Å². The molecule has 4 aromatic rings. The minimum atomic E-state index is 0.577. The largest absolute Gasteiger partial charge is 0.478 e. The van der Waals surface area contributed by atoms with E-state index < -0.39 is 0 Å². The van der Waals surface area contributed by atoms with Crippen LogP contribution in [0.25, 0.3) is 33.7 Å². The Kier molecular flexibility index (Phi) is 2.64. The van der Waals surface area contributed by atoms with Crippen LogP contribution in [-0.2, 0) is 0 Å². The van der Waals surface area contributed by atoms with Gasteiger partial charge in [0.15, 0.2) is 17.2 Å². The van der Waals surface area contributed by atoms with Crippen LogP contribution in [0.5, 0.6) is 5.88 Å². The molecule has 21 heavy (non-hydrogen) atoms. The molecule has 5 heteroatoms. The molecule has 3 aromatic heterocycles. The fourth-order valence-electron chi connectivity index (χ4n) is 2.32. The topological polar surface area (TPSA) is 63.9 Å². The van der Waals surface area contributed by atoms with Gasteiger partial charge in [0, 0.05) is 11.5 Å². The van der Waals surface area contributed by atoms with E-state index >= 15 is 0 Å². The number of furan rings is 1. The molecular formula is C16H13N3O2. The third-order valence-electron chi connectivity index (χ3n) is 3.27. The van der Waals surface area contributed by atoms with Crippen LogP contribution in [-0.4, -0.2) is 21.6 Å². The van der Waals surface area contributed by atoms with Gasteiger partial charge in [0.2, 0.25) is 5.88 Å². The number of rotatable bonds is 3. The summed E-state index contributed by atoms with van der Waals surface area (Å²) in [5, 5.41) is 1.05. The predicted octanol–water partition coefficient (Wildman–Crippen LogP) is 3.77. The van der Waals surface area contributed by atoms with Crippen LogP contribution in [0.15, 0.2) is 46.9 Å². The van der Waals surface area contributed by atoms with E-state index in [1.54, 1.807) is 0 Å². The van der Waals surface area contributed by atoms with Gasteiger partial charge in [0.05, 0.1) is 12.1 Å². The summed E-state index contributed by atoms with van der Waals surface area (Å²) in [4.78, 5) is 12.1. The third kappa shape index (κ3) is 2.03. The summed E-state index contributed by atoms with van der Waals surface area (Å²) in [6, 6.07) is 13.6. The SMILES string of the molecule is CCOc1ccc2[nH]c(-c3cc4ccccc4o3)nc2n1. The highest BCUT2D eigenvalue weighted by molar-refractivity contribution is 5.83. The van der Waals surface area contributed by atoms with E-state index in [0.29, 0.717) is 29.7 Å². The normalized spacial score (nSPS) is 11.3. The summed E-state index contributed by atoms with van der Waals surface area (Å²) in [7, 11) is 0. The molecule has 0 bridgehead atoms. The summed E-state index contributed by atoms with van der Waals surface area (Å²) < 4.78 is 11.2. The molecule has 0 saturated heterocycles. The molecular weight excluding hydrogens is 266 g/mol. The Morgan fingerprint density at radius 2 is 2.05 bits per heavy atom. The molecule has 3 heterocycles. The maximum absolute atomic E-state index is 5.81. The number of fused-ring (bicyclic) bond motifs is 2. The molecule has 0 aliphatic heterocycles. The second-order valence-electron chi connectivity index (χ2n) is 4.69. The molecule has 1 N–H and O–H groups in total. The smallest absolute Gasteiger partial charge is 0.215 e. The molecule has 104 valence electrons. The first-order chi connectivity index (χ1) is 10.3. The van der Waals surface area contributed by atoms with Gasteiger partial charge in [0.25, 0.3) is 0 Å². The fraction of sp³-hybridized carbons (Fsp3) is 0.125. The van der Waals surface area contributed by atoms with Gasteiger partial charge < -0.3 is 14.1 Å². The first-order valence-corrected chi connectivity index (χ1v) is 6.82. The molecule has 0 saturated carbocycles. The van der Waals surface area contributed by atoms with Crippen LogP contribution in [0.4, 0.5) is 0 Å². The van der Waals surface area contributed by atoms with Crippen LogP contribution in [0.1, 0.15) is 6.92 Å². The number of hydrogen-bond acceptors (Lipinski definition) is 4. The number of aromatic amines is 1. The van der Waals surface area contributed by atoms with Crippen molar-refractivity contribution in [3.05, 3.63) is 42.5 Å². The Morgan fingerprint density at radius 3 is 2.90 bits per heavy atom. The third-order valence-corrected chi connectivity index (χ3v) is 3.27. The van der Waals surface area contributed by atoms with Crippen LogP contribution in [0.3, 0.4) is 0 Å². The number of aromatic nitrogens is 3. The lowest BCUT2D eigenvalue weighted by Crippen LogP contribution is -1.93. The van der Waals surface area contributed by atoms with E-state index in [2.05, 4.69) is 15.0 Å². The van der Waals surface area contributed by atoms with Crippen molar-refractivity contribution in [1.29, 1.82) is 0 Å². The van der Waals surface area contributed by atoms with Gasteiger partial charge in [0.1, 0.15) is 5.58 Å². The number of H-pyrrole nitrogens is 1. The highest BCUT2D eigenvalue weighted by Crippen LogP contribution is 2.27. The average Bonchev–Trinajstić information content (AvgIpc) is 3.10. The number of benzene rings is 1. The molecule has 0 aliphatic carbocycles. The highest BCUT2D eigenvalue weighted by atomic mass is 16.5. The van der Waals surface area contributed by atoms with Gasteiger partial charge >= 0.3 is 0 Å². The van der Waals surface area contributed by atoms with Crippen molar-refractivity contribution in [2.24, 2.45) is 0 Å². The zero-order valence-corrected chi connectivity index (χ0v) is 11.5. The van der Waals surface area contributed by atoms with Crippen LogP contribution < -0.4 is 4.74 Å². The average molecular weight is 279 g/mol. The van der Waals surface area contributed by atoms with Crippen LogP contribution in [0, 0.1) is 0 Å². The zero-order chi connectivity index (χ0) is 14.2. The second-order valence-corrected chi connectivity index (χ2v) is 4.69. The molecule has 0 spiro atoms. The van der Waals surface area contributed by atoms with Crippen molar-refractivity contribution in [2.45, 2.75) is 6.92 Å². The van der Waals surface area contributed by atoms with Crippen molar-refractivity contribution in [1.82, 2.24) is 15.0 Å². The van der Waals surface area contributed by atoms with Gasteiger partial charge in [-0.2, -0.15) is 4.98 Å². The number of hydrogen-bond donors (Lipinski definition) is 1. The quantitative estimate of drug-likeness (QED) is 0.620. The Labute approximate surface area is 120 Å². The number of ether oxygens (including phenoxy) is 1. The monoisotopic (exact) mass is 279 g/mol. The van der Waals surface area contributed by atoms with Crippen LogP contribution >= 0.6 is 0 Å². The lowest BCUT2D eigenvalue weighted by molar-refractivity contribution is 0.328. The van der Waals surface area contributed by atoms with Crippen molar-refractivity contribution in [2.75, 3.05) is 6.61 Å². The predicted molar refractivity (Wildman–Crippen MR) is 80.3 cm³/mol. The summed E-state index contributed by atoms with van der Waals surface area (Å²) in [6.45, 7) is 2.51. The van der Waals surface area contributed by atoms with Crippen molar-refractivity contribution in [3.8, 4) is 17.5 Å². The Morgan fingerprint density at radius 1 is 1.14 bits per heavy atom. The zero-order valence-electron chi connectivity index (χ0n) is 11.5. The second kappa shape index (κ2) is 4.63. The fourth-order valence-corrected chi connectivity index (χ4v) is 2.32.